The molecule has 0 aliphatic heterocycles. The molecule has 14 heavy (non-hydrogen) atoms. The summed E-state index contributed by atoms with van der Waals surface area (Å²) >= 11 is 11.6. The molecule has 0 unspecified atom stereocenters. The van der Waals surface area contributed by atoms with E-state index in [0.29, 0.717) is 0 Å². The number of benzene rings is 1. The Balaban J connectivity index is 2.80. The Morgan fingerprint density at radius 2 is 2.29 bits per heavy atom. The number of thiophene rings is 1. The summed E-state index contributed by atoms with van der Waals surface area (Å²) in [7, 11) is 0. The van der Waals surface area contributed by atoms with Crippen LogP contribution in [-0.2, 0) is 11.8 Å². The van der Waals surface area contributed by atoms with Crippen LogP contribution in [0.1, 0.15) is 18.1 Å². The lowest BCUT2D eigenvalue weighted by Gasteiger charge is -2.07. The smallest absolute Gasteiger partial charge is 0.0485 e. The predicted molar refractivity (Wildman–Crippen MR) is 68.8 cm³/mol. The van der Waals surface area contributed by atoms with Gasteiger partial charge in [0.1, 0.15) is 0 Å². The molecule has 0 nitrogen and oxygen atoms in total. The molecule has 74 valence electrons. The molecule has 0 saturated carbocycles. The number of alkyl halides is 1. The lowest BCUT2D eigenvalue weighted by Crippen LogP contribution is -1.88. The third-order valence-electron chi connectivity index (χ3n) is 2.37. The fourth-order valence-electron chi connectivity index (χ4n) is 1.66. The highest BCUT2D eigenvalue weighted by Crippen LogP contribution is 2.34. The van der Waals surface area contributed by atoms with Gasteiger partial charge >= 0.3 is 0 Å². The van der Waals surface area contributed by atoms with Gasteiger partial charge in [0, 0.05) is 15.1 Å². The van der Waals surface area contributed by atoms with Crippen LogP contribution in [0.2, 0.25) is 5.02 Å². The molecular weight excluding hydrogens is 280 g/mol. The molecule has 0 saturated heterocycles. The molecular formula is C11H10BrClS. The quantitative estimate of drug-likeness (QED) is 0.682. The maximum Gasteiger partial charge on any atom is 0.0485 e. The van der Waals surface area contributed by atoms with Crippen LogP contribution in [-0.4, -0.2) is 0 Å². The van der Waals surface area contributed by atoms with Crippen LogP contribution in [0.25, 0.3) is 10.1 Å². The van der Waals surface area contributed by atoms with E-state index in [1.165, 1.54) is 21.2 Å². The zero-order valence-corrected chi connectivity index (χ0v) is 11.0. The van der Waals surface area contributed by atoms with Gasteiger partial charge in [-0.1, -0.05) is 34.5 Å². The molecule has 0 aliphatic rings. The third kappa shape index (κ3) is 1.60. The molecule has 0 N–H and O–H groups in total. The minimum Gasteiger partial charge on any atom is -0.144 e. The first-order chi connectivity index (χ1) is 6.77. The van der Waals surface area contributed by atoms with Crippen molar-refractivity contribution in [1.29, 1.82) is 0 Å². The predicted octanol–water partition coefficient (Wildman–Crippen LogP) is 5.01. The molecule has 0 atom stereocenters. The maximum atomic E-state index is 6.32. The fourth-order valence-corrected chi connectivity index (χ4v) is 3.50. The Morgan fingerprint density at radius 3 is 2.93 bits per heavy atom. The first kappa shape index (κ1) is 10.5. The number of hydrogen-bond donors (Lipinski definition) is 0. The highest BCUT2D eigenvalue weighted by atomic mass is 79.9. The molecule has 0 fully saturated rings. The molecule has 0 bridgehead atoms. The topological polar surface area (TPSA) is 0 Å². The zero-order chi connectivity index (χ0) is 10.1. The van der Waals surface area contributed by atoms with Gasteiger partial charge in [-0.3, -0.25) is 0 Å². The van der Waals surface area contributed by atoms with Crippen LogP contribution < -0.4 is 0 Å². The summed E-state index contributed by atoms with van der Waals surface area (Å²) in [6, 6.07) is 4.33. The van der Waals surface area contributed by atoms with E-state index in [2.05, 4.69) is 40.4 Å². The van der Waals surface area contributed by atoms with Crippen molar-refractivity contribution >= 4 is 49.0 Å². The first-order valence-corrected chi connectivity index (χ1v) is 6.89. The Kier molecular flexibility index (Phi) is 3.15. The SMILES string of the molecule is CCc1c(Cl)c(CBr)cc2sccc12. The second-order valence-electron chi connectivity index (χ2n) is 3.15. The lowest BCUT2D eigenvalue weighted by molar-refractivity contribution is 1.15. The normalized spacial score (nSPS) is 11.1. The van der Waals surface area contributed by atoms with Crippen molar-refractivity contribution in [3.8, 4) is 0 Å². The van der Waals surface area contributed by atoms with Crippen LogP contribution in [0.15, 0.2) is 17.5 Å². The summed E-state index contributed by atoms with van der Waals surface area (Å²) in [5.74, 6) is 0. The molecule has 1 heterocycles. The average Bonchev–Trinajstić information content (AvgIpc) is 2.64. The van der Waals surface area contributed by atoms with E-state index in [-0.39, 0.29) is 0 Å². The summed E-state index contributed by atoms with van der Waals surface area (Å²) in [5, 5.41) is 5.19. The van der Waals surface area contributed by atoms with Gasteiger partial charge in [-0.25, -0.2) is 0 Å². The van der Waals surface area contributed by atoms with Crippen molar-refractivity contribution in [3.05, 3.63) is 33.7 Å². The van der Waals surface area contributed by atoms with Gasteiger partial charge in [0.25, 0.3) is 0 Å². The van der Waals surface area contributed by atoms with Gasteiger partial charge in [0.05, 0.1) is 0 Å². The van der Waals surface area contributed by atoms with Crippen LogP contribution in [0, 0.1) is 0 Å². The van der Waals surface area contributed by atoms with E-state index in [0.717, 1.165) is 16.8 Å². The van der Waals surface area contributed by atoms with Crippen molar-refractivity contribution in [3.63, 3.8) is 0 Å². The molecule has 2 rings (SSSR count). The van der Waals surface area contributed by atoms with Crippen LogP contribution in [0.3, 0.4) is 0 Å². The Labute approximate surface area is 101 Å². The number of rotatable bonds is 2. The molecule has 0 radical (unpaired) electrons. The minimum absolute atomic E-state index is 0.826. The second kappa shape index (κ2) is 4.21. The van der Waals surface area contributed by atoms with Gasteiger partial charge in [-0.05, 0) is 40.4 Å². The van der Waals surface area contributed by atoms with E-state index in [4.69, 9.17) is 11.6 Å². The minimum atomic E-state index is 0.826. The zero-order valence-electron chi connectivity index (χ0n) is 7.81. The molecule has 0 aliphatic carbocycles. The van der Waals surface area contributed by atoms with Crippen LogP contribution >= 0.6 is 38.9 Å². The number of aryl methyl sites for hydroxylation is 1. The van der Waals surface area contributed by atoms with E-state index >= 15 is 0 Å². The van der Waals surface area contributed by atoms with Gasteiger partial charge in [-0.15, -0.1) is 11.3 Å². The summed E-state index contributed by atoms with van der Waals surface area (Å²) in [6.07, 6.45) is 0.993. The molecule has 1 aromatic heterocycles. The third-order valence-corrected chi connectivity index (χ3v) is 4.31. The largest absolute Gasteiger partial charge is 0.144 e. The Bertz CT molecular complexity index is 462. The Morgan fingerprint density at radius 1 is 1.50 bits per heavy atom. The highest BCUT2D eigenvalue weighted by Gasteiger charge is 2.10. The van der Waals surface area contributed by atoms with Crippen molar-refractivity contribution < 1.29 is 0 Å². The Hall–Kier alpha value is -0.0500. The summed E-state index contributed by atoms with van der Waals surface area (Å²) in [6.45, 7) is 2.15. The molecule has 1 aromatic carbocycles. The molecule has 2 aromatic rings. The van der Waals surface area contributed by atoms with Crippen molar-refractivity contribution in [2.24, 2.45) is 0 Å². The van der Waals surface area contributed by atoms with E-state index < -0.39 is 0 Å². The van der Waals surface area contributed by atoms with Crippen molar-refractivity contribution in [2.45, 2.75) is 18.7 Å². The van der Waals surface area contributed by atoms with E-state index in [1.807, 2.05) is 0 Å². The van der Waals surface area contributed by atoms with E-state index in [1.54, 1.807) is 11.3 Å². The maximum absolute atomic E-state index is 6.32. The number of halogens is 2. The van der Waals surface area contributed by atoms with Crippen LogP contribution in [0.5, 0.6) is 0 Å². The summed E-state index contributed by atoms with van der Waals surface area (Å²) in [4.78, 5) is 0. The van der Waals surface area contributed by atoms with E-state index in [9.17, 15) is 0 Å². The molecule has 3 heteroatoms. The second-order valence-corrected chi connectivity index (χ2v) is 5.03. The summed E-state index contributed by atoms with van der Waals surface area (Å²) in [5.41, 5.74) is 2.47. The van der Waals surface area contributed by atoms with Crippen molar-refractivity contribution in [1.82, 2.24) is 0 Å². The molecule has 0 spiro atoms. The first-order valence-electron chi connectivity index (χ1n) is 4.51. The van der Waals surface area contributed by atoms with Crippen LogP contribution in [0.4, 0.5) is 0 Å². The highest BCUT2D eigenvalue weighted by molar-refractivity contribution is 9.08. The van der Waals surface area contributed by atoms with Gasteiger partial charge in [0.15, 0.2) is 0 Å². The lowest BCUT2D eigenvalue weighted by atomic mass is 10.1. The van der Waals surface area contributed by atoms with Gasteiger partial charge in [0.2, 0.25) is 0 Å². The van der Waals surface area contributed by atoms with Gasteiger partial charge < -0.3 is 0 Å². The fraction of sp³-hybridized carbons (Fsp3) is 0.273. The monoisotopic (exact) mass is 288 g/mol. The van der Waals surface area contributed by atoms with Gasteiger partial charge in [-0.2, -0.15) is 0 Å². The standard InChI is InChI=1S/C11H10BrClS/c1-2-8-9-3-4-14-10(9)5-7(6-12)11(8)13/h3-5H,2,6H2,1H3. The number of fused-ring (bicyclic) bond motifs is 1. The van der Waals surface area contributed by atoms with Crippen molar-refractivity contribution in [2.75, 3.05) is 0 Å². The molecule has 0 amide bonds. The number of hydrogen-bond acceptors (Lipinski definition) is 1. The summed E-state index contributed by atoms with van der Waals surface area (Å²) < 4.78 is 1.33. The average molecular weight is 290 g/mol.